The SMILES string of the molecule is CC[C@@H](C)OCc1ccc2c(c1)c1c3c(c4c(c1n2CCCO)Cc1ccccc1-4)C(=O)NC3. The normalized spacial score (nSPS) is 15.0. The van der Waals surface area contributed by atoms with Gasteiger partial charge in [-0.15, -0.1) is 0 Å². The number of aliphatic hydroxyl groups excluding tert-OH is 1. The standard InChI is InChI=1S/C29H30N2O3/c1-3-17(2)34-16-18-9-10-24-21(13-18)26-23-15-30-29(33)27(23)25-20-8-5-4-7-19(20)14-22(25)28(26)31(24)11-6-12-32/h4-5,7-10,13,17,32H,3,6,11-12,14-16H2,1-2H3,(H,30,33)/t17-/m1/s1. The van der Waals surface area contributed by atoms with E-state index in [1.807, 2.05) is 0 Å². The van der Waals surface area contributed by atoms with Crippen LogP contribution in [-0.4, -0.2) is 28.3 Å². The van der Waals surface area contributed by atoms with Crippen molar-refractivity contribution in [2.45, 2.75) is 58.9 Å². The molecule has 0 spiro atoms. The number of aliphatic hydroxyl groups is 1. The Morgan fingerprint density at radius 1 is 1.15 bits per heavy atom. The average Bonchev–Trinajstić information content (AvgIpc) is 3.52. The molecule has 1 aliphatic carbocycles. The summed E-state index contributed by atoms with van der Waals surface area (Å²) in [6, 6.07) is 15.0. The second kappa shape index (κ2) is 8.26. The van der Waals surface area contributed by atoms with Gasteiger partial charge in [0.05, 0.1) is 23.8 Å². The van der Waals surface area contributed by atoms with Crippen molar-refractivity contribution in [3.8, 4) is 11.1 Å². The van der Waals surface area contributed by atoms with E-state index in [0.717, 1.165) is 47.2 Å². The van der Waals surface area contributed by atoms with Crippen LogP contribution < -0.4 is 5.32 Å². The minimum atomic E-state index is 0.0253. The molecule has 0 fully saturated rings. The van der Waals surface area contributed by atoms with E-state index >= 15 is 0 Å². The number of ether oxygens (including phenoxy) is 1. The van der Waals surface area contributed by atoms with Gasteiger partial charge in [0.1, 0.15) is 0 Å². The molecule has 2 N–H and O–H groups in total. The molecular formula is C29H30N2O3. The first-order chi connectivity index (χ1) is 16.6. The summed E-state index contributed by atoms with van der Waals surface area (Å²) in [4.78, 5) is 13.1. The van der Waals surface area contributed by atoms with Gasteiger partial charge in [0.2, 0.25) is 0 Å². The number of amides is 1. The first-order valence-corrected chi connectivity index (χ1v) is 12.3. The first-order valence-electron chi connectivity index (χ1n) is 12.3. The van der Waals surface area contributed by atoms with E-state index in [1.54, 1.807) is 0 Å². The lowest BCUT2D eigenvalue weighted by Gasteiger charge is -2.13. The first kappa shape index (κ1) is 21.4. The number of nitrogens with one attached hydrogen (secondary N) is 1. The van der Waals surface area contributed by atoms with E-state index in [-0.39, 0.29) is 18.6 Å². The Balaban J connectivity index is 1.66. The van der Waals surface area contributed by atoms with Gasteiger partial charge >= 0.3 is 0 Å². The minimum Gasteiger partial charge on any atom is -0.396 e. The van der Waals surface area contributed by atoms with E-state index in [1.165, 1.54) is 33.0 Å². The number of aryl methyl sites for hydroxylation is 1. The Morgan fingerprint density at radius 2 is 2.00 bits per heavy atom. The highest BCUT2D eigenvalue weighted by Gasteiger charge is 2.35. The van der Waals surface area contributed by atoms with E-state index in [9.17, 15) is 9.90 Å². The number of fused-ring (bicyclic) bond motifs is 10. The number of rotatable bonds is 7. The molecule has 3 aromatic carbocycles. The molecule has 0 saturated carbocycles. The molecule has 1 atom stereocenters. The molecule has 5 heteroatoms. The summed E-state index contributed by atoms with van der Waals surface area (Å²) in [7, 11) is 0. The average molecular weight is 455 g/mol. The fraction of sp³-hybridized carbons (Fsp3) is 0.345. The lowest BCUT2D eigenvalue weighted by molar-refractivity contribution is 0.0509. The van der Waals surface area contributed by atoms with Crippen molar-refractivity contribution in [1.29, 1.82) is 0 Å². The summed E-state index contributed by atoms with van der Waals surface area (Å²) < 4.78 is 8.40. The molecule has 34 heavy (non-hydrogen) atoms. The molecule has 6 rings (SSSR count). The molecule has 174 valence electrons. The van der Waals surface area contributed by atoms with E-state index in [2.05, 4.69) is 66.2 Å². The Morgan fingerprint density at radius 3 is 2.82 bits per heavy atom. The highest BCUT2D eigenvalue weighted by Crippen LogP contribution is 2.48. The zero-order valence-corrected chi connectivity index (χ0v) is 19.8. The van der Waals surface area contributed by atoms with Crippen molar-refractivity contribution in [2.24, 2.45) is 0 Å². The molecule has 0 radical (unpaired) electrons. The highest BCUT2D eigenvalue weighted by molar-refractivity contribution is 6.20. The van der Waals surface area contributed by atoms with Crippen LogP contribution in [0.2, 0.25) is 0 Å². The number of benzene rings is 3. The van der Waals surface area contributed by atoms with Gasteiger partial charge in [-0.1, -0.05) is 37.3 Å². The Labute approximate surface area is 199 Å². The van der Waals surface area contributed by atoms with Crippen LogP contribution in [0.25, 0.3) is 32.9 Å². The van der Waals surface area contributed by atoms with Gasteiger partial charge in [0, 0.05) is 48.0 Å². The van der Waals surface area contributed by atoms with Crippen LogP contribution in [0.5, 0.6) is 0 Å². The van der Waals surface area contributed by atoms with Crippen molar-refractivity contribution < 1.29 is 14.6 Å². The van der Waals surface area contributed by atoms with Crippen LogP contribution in [0.1, 0.15) is 59.3 Å². The lowest BCUT2D eigenvalue weighted by Crippen LogP contribution is -2.13. The molecule has 0 unspecified atom stereocenters. The van der Waals surface area contributed by atoms with Crippen LogP contribution in [0.15, 0.2) is 42.5 Å². The largest absolute Gasteiger partial charge is 0.396 e. The fourth-order valence-corrected chi connectivity index (χ4v) is 5.74. The lowest BCUT2D eigenvalue weighted by atomic mass is 9.92. The van der Waals surface area contributed by atoms with E-state index in [0.29, 0.717) is 19.6 Å². The third-order valence-corrected chi connectivity index (χ3v) is 7.52. The summed E-state index contributed by atoms with van der Waals surface area (Å²) in [5.41, 5.74) is 10.2. The number of hydrogen-bond donors (Lipinski definition) is 2. The third kappa shape index (κ3) is 3.11. The molecule has 1 aromatic heterocycles. The zero-order chi connectivity index (χ0) is 23.4. The van der Waals surface area contributed by atoms with Crippen LogP contribution in [0.4, 0.5) is 0 Å². The van der Waals surface area contributed by atoms with Gasteiger partial charge in [-0.05, 0) is 59.7 Å². The predicted molar refractivity (Wildman–Crippen MR) is 135 cm³/mol. The van der Waals surface area contributed by atoms with Gasteiger partial charge in [-0.25, -0.2) is 0 Å². The quantitative estimate of drug-likeness (QED) is 0.350. The summed E-state index contributed by atoms with van der Waals surface area (Å²) in [5, 5.41) is 15.1. The maximum Gasteiger partial charge on any atom is 0.252 e. The summed E-state index contributed by atoms with van der Waals surface area (Å²) >= 11 is 0. The third-order valence-electron chi connectivity index (χ3n) is 7.52. The van der Waals surface area contributed by atoms with Crippen LogP contribution >= 0.6 is 0 Å². The number of nitrogens with zero attached hydrogens (tertiary/aromatic N) is 1. The summed E-state index contributed by atoms with van der Waals surface area (Å²) in [5.74, 6) is 0.0253. The Bertz CT molecular complexity index is 1450. The fourth-order valence-electron chi connectivity index (χ4n) is 5.74. The predicted octanol–water partition coefficient (Wildman–Crippen LogP) is 5.31. The number of hydrogen-bond acceptors (Lipinski definition) is 3. The van der Waals surface area contributed by atoms with Gasteiger partial charge in [-0.3, -0.25) is 4.79 Å². The molecule has 0 saturated heterocycles. The minimum absolute atomic E-state index is 0.0253. The van der Waals surface area contributed by atoms with Crippen LogP contribution in [-0.2, 0) is 30.9 Å². The number of aromatic nitrogens is 1. The molecule has 4 aromatic rings. The molecule has 5 nitrogen and oxygen atoms in total. The van der Waals surface area contributed by atoms with Crippen LogP contribution in [0, 0.1) is 0 Å². The van der Waals surface area contributed by atoms with E-state index < -0.39 is 0 Å². The van der Waals surface area contributed by atoms with Crippen molar-refractivity contribution in [3.63, 3.8) is 0 Å². The summed E-state index contributed by atoms with van der Waals surface area (Å²) in [6.45, 7) is 6.24. The second-order valence-electron chi connectivity index (χ2n) is 9.56. The van der Waals surface area contributed by atoms with Gasteiger partial charge in [0.15, 0.2) is 0 Å². The van der Waals surface area contributed by atoms with Crippen molar-refractivity contribution >= 4 is 27.7 Å². The number of carbonyl (C=O) groups is 1. The molecule has 1 amide bonds. The van der Waals surface area contributed by atoms with Gasteiger partial charge < -0.3 is 19.7 Å². The maximum absolute atomic E-state index is 13.1. The van der Waals surface area contributed by atoms with Gasteiger partial charge in [-0.2, -0.15) is 0 Å². The zero-order valence-electron chi connectivity index (χ0n) is 19.8. The van der Waals surface area contributed by atoms with Crippen LogP contribution in [0.3, 0.4) is 0 Å². The van der Waals surface area contributed by atoms with Crippen molar-refractivity contribution in [2.75, 3.05) is 6.61 Å². The monoisotopic (exact) mass is 454 g/mol. The molecular weight excluding hydrogens is 424 g/mol. The van der Waals surface area contributed by atoms with Gasteiger partial charge in [0.25, 0.3) is 5.91 Å². The summed E-state index contributed by atoms with van der Waals surface area (Å²) in [6.07, 6.45) is 2.71. The van der Waals surface area contributed by atoms with Crippen molar-refractivity contribution in [1.82, 2.24) is 9.88 Å². The maximum atomic E-state index is 13.1. The number of carbonyl (C=O) groups excluding carboxylic acids is 1. The molecule has 2 aliphatic rings. The van der Waals surface area contributed by atoms with Crippen molar-refractivity contribution in [3.05, 3.63) is 70.3 Å². The second-order valence-corrected chi connectivity index (χ2v) is 9.56. The topological polar surface area (TPSA) is 63.5 Å². The Kier molecular flexibility index (Phi) is 5.19. The highest BCUT2D eigenvalue weighted by atomic mass is 16.5. The molecule has 1 aliphatic heterocycles. The Hall–Kier alpha value is -3.15. The smallest absolute Gasteiger partial charge is 0.252 e. The van der Waals surface area contributed by atoms with E-state index in [4.69, 9.17) is 4.74 Å². The molecule has 2 heterocycles. The molecule has 0 bridgehead atoms.